The minimum Gasteiger partial charge on any atom is -0.464 e. The average molecular weight is 879 g/mol. The number of aromatic amines is 1. The smallest absolute Gasteiger partial charge is 0.324 e. The van der Waals surface area contributed by atoms with Crippen LogP contribution in [0.15, 0.2) is 49.2 Å². The number of fused-ring (bicyclic) bond motifs is 6. The molecule has 5 atom stereocenters. The van der Waals surface area contributed by atoms with Crippen molar-refractivity contribution in [1.29, 1.82) is 0 Å². The number of carbonyl (C=O) groups excluding carboxylic acids is 5. The van der Waals surface area contributed by atoms with Gasteiger partial charge in [-0.1, -0.05) is 34.3 Å². The zero-order valence-electron chi connectivity index (χ0n) is 38.3. The van der Waals surface area contributed by atoms with Gasteiger partial charge in [0.2, 0.25) is 17.7 Å². The first-order chi connectivity index (χ1) is 30.5. The second-order valence-electron chi connectivity index (χ2n) is 18.4. The van der Waals surface area contributed by atoms with Crippen LogP contribution in [0.5, 0.6) is 0 Å². The van der Waals surface area contributed by atoms with Crippen molar-refractivity contribution in [3.8, 4) is 22.6 Å². The molecule has 3 N–H and O–H groups in total. The number of methoxy groups -OCH3 is 1. The van der Waals surface area contributed by atoms with Gasteiger partial charge in [0.1, 0.15) is 18.1 Å². The summed E-state index contributed by atoms with van der Waals surface area (Å²) in [5, 5.41) is 13.0. The number of esters is 1. The summed E-state index contributed by atoms with van der Waals surface area (Å²) in [6.07, 6.45) is 4.62. The summed E-state index contributed by atoms with van der Waals surface area (Å²) in [7, 11) is 3.25. The standard InChI is InChI=1S/C47H62N10O7/c1-10-38(58)55-21-18-30(25-55)44(60)54(8)40(27(3)4)43(59)49-35-23-37-50-42(52-51-37)29-16-17-36-32(22-29)33(41(56(36)11-2)31-14-12-19-48-39(31)28(5)63-9)24-47(6,7)26-64-46(62)34-15-13-20-57(53-34)45(35)61/h10,12,14,16-17,19,22,27-28,30,34-35,40,53H,1,11,13,15,18,20-21,23-26H2,2-9H3,(H,49,59)(H,50,51,52)/t28-,30-,34-,35-,40?/m0/s1. The van der Waals surface area contributed by atoms with Gasteiger partial charge in [-0.3, -0.25) is 39.1 Å². The molecule has 1 unspecified atom stereocenters. The molecule has 0 spiro atoms. The molecule has 17 nitrogen and oxygen atoms in total. The van der Waals surface area contributed by atoms with E-state index < -0.39 is 47.2 Å². The maximum atomic E-state index is 14.5. The summed E-state index contributed by atoms with van der Waals surface area (Å²) >= 11 is 0. The number of nitrogens with one attached hydrogen (secondary N) is 3. The van der Waals surface area contributed by atoms with E-state index in [0.717, 1.165) is 39.0 Å². The lowest BCUT2D eigenvalue weighted by Crippen LogP contribution is -2.62. The summed E-state index contributed by atoms with van der Waals surface area (Å²) in [4.78, 5) is 81.5. The molecule has 0 aliphatic carbocycles. The number of amides is 4. The molecule has 2 fully saturated rings. The zero-order valence-corrected chi connectivity index (χ0v) is 38.3. The summed E-state index contributed by atoms with van der Waals surface area (Å²) in [5.74, 6) is -2.05. The molecular weight excluding hydrogens is 817 g/mol. The van der Waals surface area contributed by atoms with Crippen molar-refractivity contribution in [2.24, 2.45) is 17.3 Å². The number of benzene rings is 1. The number of pyridine rings is 1. The number of aryl methyl sites for hydroxylation is 1. The highest BCUT2D eigenvalue weighted by Crippen LogP contribution is 2.41. The van der Waals surface area contributed by atoms with Crippen molar-refractivity contribution in [3.05, 3.63) is 66.3 Å². The summed E-state index contributed by atoms with van der Waals surface area (Å²) in [6, 6.07) is 7.23. The third kappa shape index (κ3) is 9.32. The Bertz CT molecular complexity index is 2420. The quantitative estimate of drug-likeness (QED) is 0.151. The van der Waals surface area contributed by atoms with Gasteiger partial charge in [0.15, 0.2) is 11.6 Å². The Kier molecular flexibility index (Phi) is 13.7. The fraction of sp³-hybridized carbons (Fsp3) is 0.532. The van der Waals surface area contributed by atoms with Gasteiger partial charge in [0, 0.05) is 80.4 Å². The van der Waals surface area contributed by atoms with Crippen LogP contribution < -0.4 is 10.7 Å². The number of H-pyrrole nitrogens is 1. The van der Waals surface area contributed by atoms with E-state index in [1.807, 2.05) is 32.9 Å². The van der Waals surface area contributed by atoms with Gasteiger partial charge < -0.3 is 29.2 Å². The molecule has 0 saturated carbocycles. The maximum Gasteiger partial charge on any atom is 0.324 e. The van der Waals surface area contributed by atoms with Crippen LogP contribution in [-0.4, -0.2) is 128 Å². The molecular formula is C47H62N10O7. The molecule has 342 valence electrons. The van der Waals surface area contributed by atoms with E-state index in [1.165, 1.54) is 16.0 Å². The summed E-state index contributed by atoms with van der Waals surface area (Å²) < 4.78 is 14.2. The third-order valence-electron chi connectivity index (χ3n) is 12.8. The highest BCUT2D eigenvalue weighted by atomic mass is 16.5. The molecule has 64 heavy (non-hydrogen) atoms. The number of cyclic esters (lactones) is 1. The van der Waals surface area contributed by atoms with Crippen LogP contribution in [0.25, 0.3) is 33.5 Å². The number of likely N-dealkylation sites (N-methyl/N-ethyl adjacent to an activating group) is 1. The van der Waals surface area contributed by atoms with Crippen LogP contribution in [0.3, 0.4) is 0 Å². The Morgan fingerprint density at radius 2 is 1.92 bits per heavy atom. The van der Waals surface area contributed by atoms with Crippen molar-refractivity contribution in [3.63, 3.8) is 0 Å². The highest BCUT2D eigenvalue weighted by Gasteiger charge is 2.40. The van der Waals surface area contributed by atoms with E-state index in [1.54, 1.807) is 25.3 Å². The van der Waals surface area contributed by atoms with E-state index in [0.29, 0.717) is 44.6 Å². The van der Waals surface area contributed by atoms with Gasteiger partial charge in [0.05, 0.1) is 30.0 Å². The Labute approximate surface area is 374 Å². The Hall–Kier alpha value is -5.94. The number of hydrogen-bond acceptors (Lipinski definition) is 11. The first-order valence-electron chi connectivity index (χ1n) is 22.3. The van der Waals surface area contributed by atoms with E-state index in [9.17, 15) is 24.0 Å². The number of ether oxygens (including phenoxy) is 2. The first kappa shape index (κ1) is 46.1. The van der Waals surface area contributed by atoms with Crippen molar-refractivity contribution in [1.82, 2.24) is 50.3 Å². The lowest BCUT2D eigenvalue weighted by Gasteiger charge is -2.36. The molecule has 6 heterocycles. The minimum absolute atomic E-state index is 0.0857. The van der Waals surface area contributed by atoms with Crippen LogP contribution >= 0.6 is 0 Å². The molecule has 7 rings (SSSR count). The molecule has 4 aromatic rings. The van der Waals surface area contributed by atoms with E-state index >= 15 is 0 Å². The van der Waals surface area contributed by atoms with Gasteiger partial charge in [-0.05, 0) is 87.4 Å². The predicted molar refractivity (Wildman–Crippen MR) is 240 cm³/mol. The SMILES string of the molecule is C=CC(=O)N1CC[C@H](C(=O)N(C)C(C(=O)N[C@H]2Cc3n[nH]c(n3)-c3ccc4c(c3)c(c(-c3cccnc3[C@H](C)OC)n4CC)CC(C)(C)COC(=O)[C@@H]3CCCN(N3)C2=O)C(C)C)C1. The van der Waals surface area contributed by atoms with Gasteiger partial charge in [-0.25, -0.2) is 10.4 Å². The molecule has 17 heteroatoms. The molecule has 3 aromatic heterocycles. The Morgan fingerprint density at radius 1 is 1.14 bits per heavy atom. The molecule has 2 saturated heterocycles. The fourth-order valence-electron chi connectivity index (χ4n) is 9.44. The lowest BCUT2D eigenvalue weighted by molar-refractivity contribution is -0.155. The Morgan fingerprint density at radius 3 is 2.64 bits per heavy atom. The van der Waals surface area contributed by atoms with Crippen LogP contribution in [0.4, 0.5) is 0 Å². The van der Waals surface area contributed by atoms with Gasteiger partial charge in [0.25, 0.3) is 5.91 Å². The largest absolute Gasteiger partial charge is 0.464 e. The van der Waals surface area contributed by atoms with E-state index in [2.05, 4.69) is 71.1 Å². The minimum atomic E-state index is -1.17. The van der Waals surface area contributed by atoms with Crippen LogP contribution in [0.1, 0.15) is 84.0 Å². The van der Waals surface area contributed by atoms with Crippen molar-refractivity contribution in [2.45, 2.75) is 104 Å². The Balaban J connectivity index is 1.27. The fourth-order valence-corrected chi connectivity index (χ4v) is 9.44. The number of rotatable bonds is 10. The van der Waals surface area contributed by atoms with Crippen LogP contribution in [0.2, 0.25) is 0 Å². The molecule has 1 aromatic carbocycles. The predicted octanol–water partition coefficient (Wildman–Crippen LogP) is 4.38. The van der Waals surface area contributed by atoms with E-state index in [4.69, 9.17) is 19.4 Å². The number of likely N-dealkylation sites (tertiary alicyclic amines) is 1. The van der Waals surface area contributed by atoms with Gasteiger partial charge in [-0.15, -0.1) is 0 Å². The number of hydrogen-bond donors (Lipinski definition) is 3. The molecule has 3 aliphatic rings. The average Bonchev–Trinajstić information content (AvgIpc) is 4.05. The van der Waals surface area contributed by atoms with Crippen LogP contribution in [0, 0.1) is 17.3 Å². The van der Waals surface area contributed by atoms with Gasteiger partial charge >= 0.3 is 5.97 Å². The highest BCUT2D eigenvalue weighted by molar-refractivity contribution is 5.96. The second-order valence-corrected chi connectivity index (χ2v) is 18.4. The zero-order chi connectivity index (χ0) is 46.0. The normalized spacial score (nSPS) is 21.3. The molecule has 6 bridgehead atoms. The topological polar surface area (TPSA) is 197 Å². The van der Waals surface area contributed by atoms with Gasteiger partial charge in [-0.2, -0.15) is 5.10 Å². The number of carbonyl (C=O) groups is 5. The first-order valence-corrected chi connectivity index (χ1v) is 22.3. The van der Waals surface area contributed by atoms with Crippen molar-refractivity contribution < 1.29 is 33.4 Å². The number of aromatic nitrogens is 5. The van der Waals surface area contributed by atoms with Crippen molar-refractivity contribution in [2.75, 3.05) is 40.4 Å². The second kappa shape index (κ2) is 19.0. The molecule has 3 aliphatic heterocycles. The lowest BCUT2D eigenvalue weighted by atomic mass is 9.84. The molecule has 0 radical (unpaired) electrons. The maximum absolute atomic E-state index is 14.5. The monoisotopic (exact) mass is 878 g/mol. The number of nitrogens with zero attached hydrogens (tertiary/aromatic N) is 7. The van der Waals surface area contributed by atoms with Crippen molar-refractivity contribution >= 4 is 40.5 Å². The third-order valence-corrected chi connectivity index (χ3v) is 12.8. The summed E-state index contributed by atoms with van der Waals surface area (Å²) in [6.45, 7) is 17.2. The number of hydrazine groups is 1. The molecule has 4 amide bonds. The van der Waals surface area contributed by atoms with E-state index in [-0.39, 0.29) is 55.8 Å². The van der Waals surface area contributed by atoms with Crippen LogP contribution in [-0.2, 0) is 52.8 Å². The summed E-state index contributed by atoms with van der Waals surface area (Å²) in [5.41, 5.74) is 8.18.